The predicted octanol–water partition coefficient (Wildman–Crippen LogP) is 3.62. The second kappa shape index (κ2) is 5.85. The normalized spacial score (nSPS) is 34.4. The molecule has 23 heavy (non-hydrogen) atoms. The predicted molar refractivity (Wildman–Crippen MR) is 90.4 cm³/mol. The summed E-state index contributed by atoms with van der Waals surface area (Å²) < 4.78 is 5.81. The van der Waals surface area contributed by atoms with Gasteiger partial charge in [0.2, 0.25) is 0 Å². The van der Waals surface area contributed by atoms with E-state index in [4.69, 9.17) is 4.74 Å². The first-order chi connectivity index (χ1) is 11.1. The molecule has 124 valence electrons. The summed E-state index contributed by atoms with van der Waals surface area (Å²) in [5.41, 5.74) is 2.18. The minimum Gasteiger partial charge on any atom is -0.483 e. The summed E-state index contributed by atoms with van der Waals surface area (Å²) in [7, 11) is 0. The largest absolute Gasteiger partial charge is 0.483 e. The number of aryl methyl sites for hydroxylation is 2. The average molecular weight is 313 g/mol. The van der Waals surface area contributed by atoms with Crippen LogP contribution < -0.4 is 10.1 Å². The highest BCUT2D eigenvalue weighted by molar-refractivity contribution is 5.78. The summed E-state index contributed by atoms with van der Waals surface area (Å²) in [6.07, 6.45) is 6.76. The van der Waals surface area contributed by atoms with Gasteiger partial charge in [-0.3, -0.25) is 4.79 Å². The minimum absolute atomic E-state index is 0.0464. The number of benzene rings is 1. The highest BCUT2D eigenvalue weighted by Crippen LogP contribution is 2.53. The van der Waals surface area contributed by atoms with Crippen molar-refractivity contribution in [2.45, 2.75) is 52.0 Å². The van der Waals surface area contributed by atoms with Gasteiger partial charge >= 0.3 is 0 Å². The van der Waals surface area contributed by atoms with Gasteiger partial charge in [-0.2, -0.15) is 0 Å². The quantitative estimate of drug-likeness (QED) is 0.922. The van der Waals surface area contributed by atoms with Crippen molar-refractivity contribution in [3.8, 4) is 5.75 Å². The van der Waals surface area contributed by atoms with Crippen LogP contribution in [0.3, 0.4) is 0 Å². The summed E-state index contributed by atoms with van der Waals surface area (Å²) in [5.74, 6) is 4.22. The van der Waals surface area contributed by atoms with Gasteiger partial charge in [0.15, 0.2) is 6.61 Å². The molecular formula is C20H27NO2. The number of hydrogen-bond donors (Lipinski definition) is 1. The first-order valence-electron chi connectivity index (χ1n) is 9.08. The Balaban J connectivity index is 1.36. The molecule has 5 rings (SSSR count). The Bertz CT molecular complexity index is 561. The zero-order chi connectivity index (χ0) is 16.0. The van der Waals surface area contributed by atoms with Crippen LogP contribution in [0.25, 0.3) is 0 Å². The monoisotopic (exact) mass is 313 g/mol. The number of rotatable bonds is 4. The van der Waals surface area contributed by atoms with E-state index in [1.54, 1.807) is 0 Å². The van der Waals surface area contributed by atoms with Crippen LogP contribution in [0.15, 0.2) is 18.2 Å². The van der Waals surface area contributed by atoms with Crippen LogP contribution in [0.5, 0.6) is 5.75 Å². The minimum atomic E-state index is 0.0464. The first kappa shape index (κ1) is 15.0. The van der Waals surface area contributed by atoms with Crippen molar-refractivity contribution >= 4 is 5.91 Å². The smallest absolute Gasteiger partial charge is 0.258 e. The number of carbonyl (C=O) groups excluding carboxylic acids is 1. The molecule has 1 amide bonds. The number of hydrogen-bond acceptors (Lipinski definition) is 2. The molecule has 1 aromatic rings. The van der Waals surface area contributed by atoms with Gasteiger partial charge in [0.25, 0.3) is 5.91 Å². The molecule has 0 aromatic heterocycles. The maximum absolute atomic E-state index is 12.4. The second-order valence-electron chi connectivity index (χ2n) is 8.03. The topological polar surface area (TPSA) is 38.3 Å². The van der Waals surface area contributed by atoms with Crippen LogP contribution in [0.2, 0.25) is 0 Å². The van der Waals surface area contributed by atoms with Crippen LogP contribution in [-0.2, 0) is 4.79 Å². The lowest BCUT2D eigenvalue weighted by atomic mass is 9.54. The highest BCUT2D eigenvalue weighted by atomic mass is 16.5. The molecule has 3 heteroatoms. The molecule has 0 unspecified atom stereocenters. The molecule has 0 atom stereocenters. The van der Waals surface area contributed by atoms with Crippen molar-refractivity contribution < 1.29 is 9.53 Å². The number of nitrogens with one attached hydrogen (secondary N) is 1. The lowest BCUT2D eigenvalue weighted by Crippen LogP contribution is -2.56. The Morgan fingerprint density at radius 2 is 1.61 bits per heavy atom. The van der Waals surface area contributed by atoms with Crippen molar-refractivity contribution in [2.75, 3.05) is 6.61 Å². The number of amides is 1. The molecule has 0 aliphatic heterocycles. The SMILES string of the molecule is Cc1cccc(C)c1OCC(=O)NC1C2CC3CC(C2)CC1C3. The fourth-order valence-corrected chi connectivity index (χ4v) is 5.55. The van der Waals surface area contributed by atoms with Crippen LogP contribution in [0.1, 0.15) is 43.2 Å². The van der Waals surface area contributed by atoms with E-state index in [-0.39, 0.29) is 12.5 Å². The fraction of sp³-hybridized carbons (Fsp3) is 0.650. The lowest BCUT2D eigenvalue weighted by molar-refractivity contribution is -0.127. The van der Waals surface area contributed by atoms with E-state index in [0.29, 0.717) is 6.04 Å². The van der Waals surface area contributed by atoms with Gasteiger partial charge in [-0.05, 0) is 80.8 Å². The summed E-state index contributed by atoms with van der Waals surface area (Å²) in [4.78, 5) is 12.4. The van der Waals surface area contributed by atoms with Crippen molar-refractivity contribution in [1.29, 1.82) is 0 Å². The van der Waals surface area contributed by atoms with Crippen molar-refractivity contribution in [1.82, 2.24) is 5.32 Å². The number of para-hydroxylation sites is 1. The molecule has 0 spiro atoms. The maximum atomic E-state index is 12.4. The number of ether oxygens (including phenoxy) is 1. The van der Waals surface area contributed by atoms with Crippen molar-refractivity contribution in [3.05, 3.63) is 29.3 Å². The third-order valence-electron chi connectivity index (χ3n) is 6.31. The van der Waals surface area contributed by atoms with Crippen LogP contribution >= 0.6 is 0 Å². The average Bonchev–Trinajstić information content (AvgIpc) is 2.49. The fourth-order valence-electron chi connectivity index (χ4n) is 5.55. The molecule has 4 aliphatic rings. The van der Waals surface area contributed by atoms with E-state index in [2.05, 4.69) is 5.32 Å². The molecule has 4 saturated carbocycles. The Morgan fingerprint density at radius 3 is 2.17 bits per heavy atom. The van der Waals surface area contributed by atoms with E-state index in [1.807, 2.05) is 32.0 Å². The highest BCUT2D eigenvalue weighted by Gasteiger charge is 2.48. The zero-order valence-corrected chi connectivity index (χ0v) is 14.2. The van der Waals surface area contributed by atoms with E-state index in [0.717, 1.165) is 40.5 Å². The maximum Gasteiger partial charge on any atom is 0.258 e. The van der Waals surface area contributed by atoms with Crippen molar-refractivity contribution in [3.63, 3.8) is 0 Å². The van der Waals surface area contributed by atoms with E-state index in [1.165, 1.54) is 32.1 Å². The van der Waals surface area contributed by atoms with Crippen LogP contribution in [0.4, 0.5) is 0 Å². The van der Waals surface area contributed by atoms with E-state index < -0.39 is 0 Å². The van der Waals surface area contributed by atoms with Gasteiger partial charge in [-0.1, -0.05) is 18.2 Å². The molecule has 4 fully saturated rings. The molecule has 0 saturated heterocycles. The third kappa shape index (κ3) is 2.86. The molecule has 1 N–H and O–H groups in total. The summed E-state index contributed by atoms with van der Waals surface area (Å²) in [6, 6.07) is 6.47. The van der Waals surface area contributed by atoms with E-state index >= 15 is 0 Å². The van der Waals surface area contributed by atoms with E-state index in [9.17, 15) is 4.79 Å². The standard InChI is InChI=1S/C20H27NO2/c1-12-4-3-5-13(2)20(12)23-11-18(22)21-19-16-7-14-6-15(9-16)10-17(19)8-14/h3-5,14-17,19H,6-11H2,1-2H3,(H,21,22). The van der Waals surface area contributed by atoms with Gasteiger partial charge in [0.1, 0.15) is 5.75 Å². The summed E-state index contributed by atoms with van der Waals surface area (Å²) >= 11 is 0. The zero-order valence-electron chi connectivity index (χ0n) is 14.2. The van der Waals surface area contributed by atoms with Gasteiger partial charge in [0.05, 0.1) is 0 Å². The molecule has 3 nitrogen and oxygen atoms in total. The Labute approximate surface area is 138 Å². The third-order valence-corrected chi connectivity index (χ3v) is 6.31. The lowest BCUT2D eigenvalue weighted by Gasteiger charge is -2.54. The van der Waals surface area contributed by atoms with Crippen LogP contribution in [-0.4, -0.2) is 18.6 Å². The Hall–Kier alpha value is -1.51. The first-order valence-corrected chi connectivity index (χ1v) is 9.08. The summed E-state index contributed by atoms with van der Waals surface area (Å²) in [5, 5.41) is 3.31. The molecule has 0 heterocycles. The van der Waals surface area contributed by atoms with Gasteiger partial charge in [-0.25, -0.2) is 0 Å². The molecule has 1 aromatic carbocycles. The summed E-state index contributed by atoms with van der Waals surface area (Å²) in [6.45, 7) is 4.19. The van der Waals surface area contributed by atoms with Crippen molar-refractivity contribution in [2.24, 2.45) is 23.7 Å². The van der Waals surface area contributed by atoms with Crippen LogP contribution in [0, 0.1) is 37.5 Å². The second-order valence-corrected chi connectivity index (χ2v) is 8.03. The molecule has 4 bridgehead atoms. The molecular weight excluding hydrogens is 286 g/mol. The van der Waals surface area contributed by atoms with Gasteiger partial charge in [0, 0.05) is 6.04 Å². The Kier molecular flexibility index (Phi) is 3.82. The number of carbonyl (C=O) groups is 1. The van der Waals surface area contributed by atoms with Gasteiger partial charge in [-0.15, -0.1) is 0 Å². The molecule has 4 aliphatic carbocycles. The molecule has 0 radical (unpaired) electrons. The van der Waals surface area contributed by atoms with Gasteiger partial charge < -0.3 is 10.1 Å². The Morgan fingerprint density at radius 1 is 1.04 bits per heavy atom.